The van der Waals surface area contributed by atoms with Crippen LogP contribution in [0.5, 0.6) is 0 Å². The zero-order chi connectivity index (χ0) is 19.8. The largest absolute Gasteiger partial charge is 0.354 e. The third-order valence-electron chi connectivity index (χ3n) is 5.05. The lowest BCUT2D eigenvalue weighted by molar-refractivity contribution is 0.103. The first-order valence-corrected chi connectivity index (χ1v) is 9.91. The highest BCUT2D eigenvalue weighted by Gasteiger charge is 2.20. The Hall–Kier alpha value is -2.78. The van der Waals surface area contributed by atoms with Gasteiger partial charge in [0.1, 0.15) is 10.6 Å². The minimum atomic E-state index is -0.253. The Kier molecular flexibility index (Phi) is 4.86. The molecular formula is C19H22N6O2S. The van der Waals surface area contributed by atoms with Crippen molar-refractivity contribution >= 4 is 39.0 Å². The van der Waals surface area contributed by atoms with Crippen LogP contribution in [-0.2, 0) is 7.05 Å². The normalized spacial score (nSPS) is 15.2. The fourth-order valence-electron chi connectivity index (χ4n) is 3.30. The summed E-state index contributed by atoms with van der Waals surface area (Å²) < 4.78 is 1.42. The zero-order valence-corrected chi connectivity index (χ0v) is 16.9. The first-order chi connectivity index (χ1) is 13.4. The van der Waals surface area contributed by atoms with Gasteiger partial charge < -0.3 is 19.7 Å². The van der Waals surface area contributed by atoms with E-state index >= 15 is 0 Å². The standard InChI is InChI=1S/C19H22N6O2S/c1-12-15-18(21-11-24(3)19(15)27)28-16(12)17(26)22-13-4-5-14(20-10-13)25-8-6-23(2)7-9-25/h4-5,10-11H,6-9H2,1-3H3,(H,22,26). The summed E-state index contributed by atoms with van der Waals surface area (Å²) in [5.74, 6) is 0.661. The predicted molar refractivity (Wildman–Crippen MR) is 111 cm³/mol. The third kappa shape index (κ3) is 3.38. The van der Waals surface area contributed by atoms with Gasteiger partial charge in [-0.05, 0) is 31.7 Å². The smallest absolute Gasteiger partial charge is 0.266 e. The molecule has 0 radical (unpaired) electrons. The van der Waals surface area contributed by atoms with Crippen molar-refractivity contribution in [2.45, 2.75) is 6.92 Å². The van der Waals surface area contributed by atoms with E-state index in [2.05, 4.69) is 32.1 Å². The van der Waals surface area contributed by atoms with Crippen LogP contribution in [0.3, 0.4) is 0 Å². The molecule has 4 rings (SSSR count). The molecule has 1 aliphatic heterocycles. The monoisotopic (exact) mass is 398 g/mol. The van der Waals surface area contributed by atoms with Gasteiger partial charge in [0.05, 0.1) is 28.5 Å². The Morgan fingerprint density at radius 3 is 2.57 bits per heavy atom. The maximum absolute atomic E-state index is 12.7. The highest BCUT2D eigenvalue weighted by atomic mass is 32.1. The Morgan fingerprint density at radius 2 is 1.89 bits per heavy atom. The van der Waals surface area contributed by atoms with Crippen molar-refractivity contribution in [2.75, 3.05) is 43.4 Å². The first kappa shape index (κ1) is 18.6. The number of aromatic nitrogens is 3. The number of pyridine rings is 1. The number of nitrogens with one attached hydrogen (secondary N) is 1. The number of nitrogens with zero attached hydrogens (tertiary/aromatic N) is 5. The molecule has 0 unspecified atom stereocenters. The molecule has 4 heterocycles. The fourth-order valence-corrected chi connectivity index (χ4v) is 4.33. The molecule has 0 atom stereocenters. The third-order valence-corrected chi connectivity index (χ3v) is 6.25. The number of carbonyl (C=O) groups excluding carboxylic acids is 1. The fraction of sp³-hybridized carbons (Fsp3) is 0.368. The zero-order valence-electron chi connectivity index (χ0n) is 16.1. The molecule has 1 aliphatic rings. The molecule has 9 heteroatoms. The average Bonchev–Trinajstić information content (AvgIpc) is 3.03. The number of fused-ring (bicyclic) bond motifs is 1. The maximum atomic E-state index is 12.7. The molecule has 1 saturated heterocycles. The number of aryl methyl sites for hydroxylation is 2. The van der Waals surface area contributed by atoms with E-state index in [0.29, 0.717) is 26.3 Å². The van der Waals surface area contributed by atoms with Crippen LogP contribution in [0.15, 0.2) is 29.5 Å². The number of rotatable bonds is 3. The summed E-state index contributed by atoms with van der Waals surface area (Å²) in [6.07, 6.45) is 3.15. The average molecular weight is 398 g/mol. The quantitative estimate of drug-likeness (QED) is 0.723. The van der Waals surface area contributed by atoms with Gasteiger partial charge in [0, 0.05) is 33.2 Å². The summed E-state index contributed by atoms with van der Waals surface area (Å²) in [4.78, 5) is 39.4. The van der Waals surface area contributed by atoms with Crippen LogP contribution in [0.25, 0.3) is 10.2 Å². The Balaban J connectivity index is 1.52. The maximum Gasteiger partial charge on any atom is 0.266 e. The summed E-state index contributed by atoms with van der Waals surface area (Å²) in [7, 11) is 3.77. The summed E-state index contributed by atoms with van der Waals surface area (Å²) in [5.41, 5.74) is 1.14. The molecule has 3 aromatic rings. The minimum Gasteiger partial charge on any atom is -0.354 e. The Bertz CT molecular complexity index is 1080. The highest BCUT2D eigenvalue weighted by molar-refractivity contribution is 7.20. The van der Waals surface area contributed by atoms with Gasteiger partial charge in [0.2, 0.25) is 0 Å². The number of likely N-dealkylation sites (N-methyl/N-ethyl adjacent to an activating group) is 1. The molecular weight excluding hydrogens is 376 g/mol. The number of piperazine rings is 1. The van der Waals surface area contributed by atoms with Crippen molar-refractivity contribution < 1.29 is 4.79 Å². The van der Waals surface area contributed by atoms with Gasteiger partial charge in [-0.1, -0.05) is 0 Å². The lowest BCUT2D eigenvalue weighted by atomic mass is 10.2. The second kappa shape index (κ2) is 7.33. The second-order valence-electron chi connectivity index (χ2n) is 7.05. The van der Waals surface area contributed by atoms with Crippen LogP contribution in [0.2, 0.25) is 0 Å². The van der Waals surface area contributed by atoms with Crippen LogP contribution in [0.1, 0.15) is 15.2 Å². The number of hydrogen-bond donors (Lipinski definition) is 1. The second-order valence-corrected chi connectivity index (χ2v) is 8.05. The van der Waals surface area contributed by atoms with Gasteiger partial charge in [-0.3, -0.25) is 9.59 Å². The highest BCUT2D eigenvalue weighted by Crippen LogP contribution is 2.27. The number of thiophene rings is 1. The summed E-state index contributed by atoms with van der Waals surface area (Å²) >= 11 is 1.23. The van der Waals surface area contributed by atoms with E-state index < -0.39 is 0 Å². The van der Waals surface area contributed by atoms with Crippen molar-refractivity contribution in [1.82, 2.24) is 19.4 Å². The minimum absolute atomic E-state index is 0.143. The molecule has 0 aliphatic carbocycles. The van der Waals surface area contributed by atoms with Gasteiger partial charge in [-0.2, -0.15) is 0 Å². The van der Waals surface area contributed by atoms with Crippen LogP contribution in [0.4, 0.5) is 11.5 Å². The lowest BCUT2D eigenvalue weighted by Gasteiger charge is -2.33. The summed E-state index contributed by atoms with van der Waals surface area (Å²) in [6.45, 7) is 5.69. The van der Waals surface area contributed by atoms with Crippen molar-refractivity contribution in [3.8, 4) is 0 Å². The molecule has 0 aromatic carbocycles. The van der Waals surface area contributed by atoms with Crippen molar-refractivity contribution in [1.29, 1.82) is 0 Å². The van der Waals surface area contributed by atoms with Gasteiger partial charge in [-0.25, -0.2) is 9.97 Å². The molecule has 1 N–H and O–H groups in total. The Labute approximate surface area is 166 Å². The predicted octanol–water partition coefficient (Wildman–Crippen LogP) is 1.70. The van der Waals surface area contributed by atoms with E-state index in [-0.39, 0.29) is 11.5 Å². The van der Waals surface area contributed by atoms with Crippen LogP contribution in [-0.4, -0.2) is 58.6 Å². The van der Waals surface area contributed by atoms with Crippen molar-refractivity contribution in [3.05, 3.63) is 45.5 Å². The van der Waals surface area contributed by atoms with E-state index in [0.717, 1.165) is 32.0 Å². The molecule has 1 fully saturated rings. The Morgan fingerprint density at radius 1 is 1.14 bits per heavy atom. The molecule has 1 amide bonds. The van der Waals surface area contributed by atoms with Gasteiger partial charge >= 0.3 is 0 Å². The molecule has 3 aromatic heterocycles. The molecule has 0 spiro atoms. The lowest BCUT2D eigenvalue weighted by Crippen LogP contribution is -2.44. The van der Waals surface area contributed by atoms with Gasteiger partial charge in [0.25, 0.3) is 11.5 Å². The van der Waals surface area contributed by atoms with Crippen molar-refractivity contribution in [2.24, 2.45) is 7.05 Å². The van der Waals surface area contributed by atoms with Crippen LogP contribution >= 0.6 is 11.3 Å². The van der Waals surface area contributed by atoms with Gasteiger partial charge in [-0.15, -0.1) is 11.3 Å². The van der Waals surface area contributed by atoms with Crippen LogP contribution < -0.4 is 15.8 Å². The van der Waals surface area contributed by atoms with E-state index in [1.165, 1.54) is 22.2 Å². The first-order valence-electron chi connectivity index (χ1n) is 9.09. The molecule has 0 bridgehead atoms. The van der Waals surface area contributed by atoms with Crippen LogP contribution in [0, 0.1) is 6.92 Å². The summed E-state index contributed by atoms with van der Waals surface area (Å²) in [6, 6.07) is 3.79. The SMILES string of the molecule is Cc1c(C(=O)Nc2ccc(N3CCN(C)CC3)nc2)sc2ncn(C)c(=O)c12. The van der Waals surface area contributed by atoms with E-state index in [1.807, 2.05) is 12.1 Å². The van der Waals surface area contributed by atoms with E-state index in [1.54, 1.807) is 20.2 Å². The summed E-state index contributed by atoms with van der Waals surface area (Å²) in [5, 5.41) is 3.38. The molecule has 8 nitrogen and oxygen atoms in total. The number of carbonyl (C=O) groups is 1. The van der Waals surface area contributed by atoms with Crippen molar-refractivity contribution in [3.63, 3.8) is 0 Å². The number of anilines is 2. The van der Waals surface area contributed by atoms with E-state index in [4.69, 9.17) is 0 Å². The molecule has 146 valence electrons. The number of amides is 1. The number of hydrogen-bond acceptors (Lipinski definition) is 7. The molecule has 0 saturated carbocycles. The van der Waals surface area contributed by atoms with Gasteiger partial charge in [0.15, 0.2) is 0 Å². The van der Waals surface area contributed by atoms with E-state index in [9.17, 15) is 9.59 Å². The topological polar surface area (TPSA) is 83.4 Å². The molecule has 28 heavy (non-hydrogen) atoms.